The Morgan fingerprint density at radius 3 is 2.51 bits per heavy atom. The lowest BCUT2D eigenvalue weighted by Gasteiger charge is -2.31. The summed E-state index contributed by atoms with van der Waals surface area (Å²) in [7, 11) is 1.55. The van der Waals surface area contributed by atoms with Gasteiger partial charge in [0.05, 0.1) is 24.4 Å². The fourth-order valence-corrected chi connectivity index (χ4v) is 5.44. The lowest BCUT2D eigenvalue weighted by Crippen LogP contribution is -2.41. The highest BCUT2D eigenvalue weighted by molar-refractivity contribution is 5.82. The number of carbonyl (C=O) groups is 2. The lowest BCUT2D eigenvalue weighted by molar-refractivity contribution is 0.0478. The molecule has 2 fully saturated rings. The van der Waals surface area contributed by atoms with Crippen molar-refractivity contribution in [2.45, 2.75) is 83.3 Å². The van der Waals surface area contributed by atoms with Crippen molar-refractivity contribution >= 4 is 23.3 Å². The molecule has 1 N–H and O–H groups in total. The van der Waals surface area contributed by atoms with Crippen LogP contribution in [0.1, 0.15) is 70.1 Å². The molecule has 2 aliphatic rings. The van der Waals surface area contributed by atoms with Gasteiger partial charge in [-0.3, -0.25) is 4.98 Å². The number of fused-ring (bicyclic) bond motifs is 1. The summed E-state index contributed by atoms with van der Waals surface area (Å²) < 4.78 is 28.5. The van der Waals surface area contributed by atoms with E-state index in [0.717, 1.165) is 31.2 Å². The molecule has 2 aromatic heterocycles. The summed E-state index contributed by atoms with van der Waals surface area (Å²) in [5, 5.41) is 2.98. The Bertz CT molecular complexity index is 1370. The topological polar surface area (TPSA) is 118 Å². The maximum atomic E-state index is 12.5. The Hall–Kier alpha value is -4.08. The monoisotopic (exact) mass is 563 g/mol. The molecule has 5 rings (SSSR count). The van der Waals surface area contributed by atoms with Gasteiger partial charge in [0, 0.05) is 12.1 Å². The number of pyridine rings is 2. The third kappa shape index (κ3) is 7.17. The number of rotatable bonds is 8. The maximum Gasteiger partial charge on any atom is 0.509 e. The van der Waals surface area contributed by atoms with Crippen LogP contribution in [0.5, 0.6) is 11.6 Å². The molecule has 1 saturated carbocycles. The van der Waals surface area contributed by atoms with Gasteiger partial charge in [-0.2, -0.15) is 0 Å². The number of hydrogen-bond donors (Lipinski definition) is 1. The third-order valence-electron chi connectivity index (χ3n) is 7.36. The normalized spacial score (nSPS) is 22.5. The summed E-state index contributed by atoms with van der Waals surface area (Å²) >= 11 is 0. The minimum absolute atomic E-state index is 0.0538. The minimum atomic E-state index is -0.726. The Kier molecular flexibility index (Phi) is 8.46. The van der Waals surface area contributed by atoms with E-state index in [1.165, 1.54) is 0 Å². The smallest absolute Gasteiger partial charge is 0.487 e. The van der Waals surface area contributed by atoms with Crippen molar-refractivity contribution in [2.75, 3.05) is 7.11 Å². The van der Waals surface area contributed by atoms with Crippen LogP contribution >= 0.6 is 0 Å². The first-order valence-corrected chi connectivity index (χ1v) is 14.1. The van der Waals surface area contributed by atoms with E-state index in [-0.39, 0.29) is 12.0 Å². The van der Waals surface area contributed by atoms with Crippen molar-refractivity contribution in [3.63, 3.8) is 0 Å². The fraction of sp³-hybridized carbons (Fsp3) is 0.484. The molecule has 2 atom stereocenters. The number of cyclic esters (lactones) is 2. The summed E-state index contributed by atoms with van der Waals surface area (Å²) in [6, 6.07) is 13.4. The molecule has 41 heavy (non-hydrogen) atoms. The van der Waals surface area contributed by atoms with Crippen LogP contribution in [0.2, 0.25) is 0 Å². The summed E-state index contributed by atoms with van der Waals surface area (Å²) in [4.78, 5) is 33.9. The van der Waals surface area contributed by atoms with Crippen LogP contribution in [-0.2, 0) is 20.8 Å². The molecule has 1 aromatic carbocycles. The molecule has 1 amide bonds. The van der Waals surface area contributed by atoms with Crippen LogP contribution in [0, 0.1) is 5.92 Å². The van der Waals surface area contributed by atoms with Gasteiger partial charge < -0.3 is 29.0 Å². The summed E-state index contributed by atoms with van der Waals surface area (Å²) in [6.07, 6.45) is 3.28. The number of alkyl carbamates (subject to hydrolysis) is 1. The number of nitrogens with zero attached hydrogens (tertiary/aromatic N) is 2. The molecule has 0 radical (unpaired) electrons. The van der Waals surface area contributed by atoms with E-state index in [2.05, 4.69) is 15.3 Å². The van der Waals surface area contributed by atoms with Gasteiger partial charge in [0.2, 0.25) is 5.88 Å². The zero-order valence-corrected chi connectivity index (χ0v) is 23.9. The van der Waals surface area contributed by atoms with Crippen LogP contribution in [0.25, 0.3) is 11.0 Å². The van der Waals surface area contributed by atoms with E-state index in [4.69, 9.17) is 23.7 Å². The quantitative estimate of drug-likeness (QED) is 0.316. The highest BCUT2D eigenvalue weighted by Crippen LogP contribution is 2.43. The van der Waals surface area contributed by atoms with Gasteiger partial charge in [-0.25, -0.2) is 14.6 Å². The first-order chi connectivity index (χ1) is 19.7. The number of amides is 1. The lowest BCUT2D eigenvalue weighted by atomic mass is 9.81. The van der Waals surface area contributed by atoms with Crippen LogP contribution in [0.3, 0.4) is 0 Å². The third-order valence-corrected chi connectivity index (χ3v) is 7.36. The van der Waals surface area contributed by atoms with E-state index in [0.29, 0.717) is 41.3 Å². The molecule has 2 unspecified atom stereocenters. The predicted octanol–water partition coefficient (Wildman–Crippen LogP) is 6.27. The second kappa shape index (κ2) is 12.2. The molecule has 218 valence electrons. The molecule has 10 heteroatoms. The van der Waals surface area contributed by atoms with Gasteiger partial charge in [0.15, 0.2) is 6.10 Å². The molecule has 0 spiro atoms. The van der Waals surface area contributed by atoms with Crippen molar-refractivity contribution in [3.8, 4) is 11.6 Å². The molecule has 10 nitrogen and oxygen atoms in total. The standard InChI is InChI=1S/C31H37N3O7/c1-31(2,3)41-29(35)33-21-12-10-19(11-13-21)16-23-28(40-30(36)39-23)26-24(38-18-20-8-6-5-7-9-20)17-32-22-14-15-25(37-4)34-27(22)26/h5-9,14-15,17,19,21,23,28H,10-13,16,18H2,1-4H3,(H,33,35). The summed E-state index contributed by atoms with van der Waals surface area (Å²) in [5.41, 5.74) is 2.23. The molecule has 1 saturated heterocycles. The SMILES string of the molecule is COc1ccc2ncc(OCc3ccccc3)c(C3OC(=O)OC3CC3CCC(NC(=O)OC(C)(C)C)CC3)c2n1. The van der Waals surface area contributed by atoms with E-state index >= 15 is 0 Å². The minimum Gasteiger partial charge on any atom is -0.487 e. The average molecular weight is 564 g/mol. The Labute approximate surface area is 239 Å². The predicted molar refractivity (Wildman–Crippen MR) is 151 cm³/mol. The number of carbonyl (C=O) groups excluding carboxylic acids is 2. The van der Waals surface area contributed by atoms with Crippen molar-refractivity contribution in [2.24, 2.45) is 5.92 Å². The summed E-state index contributed by atoms with van der Waals surface area (Å²) in [6.45, 7) is 5.85. The Morgan fingerprint density at radius 2 is 1.80 bits per heavy atom. The summed E-state index contributed by atoms with van der Waals surface area (Å²) in [5.74, 6) is 1.18. The van der Waals surface area contributed by atoms with E-state index in [1.54, 1.807) is 19.4 Å². The van der Waals surface area contributed by atoms with Gasteiger partial charge in [-0.1, -0.05) is 30.3 Å². The molecule has 3 aromatic rings. The second-order valence-electron chi connectivity index (χ2n) is 11.6. The van der Waals surface area contributed by atoms with Crippen molar-refractivity contribution < 1.29 is 33.3 Å². The number of methoxy groups -OCH3 is 1. The zero-order valence-electron chi connectivity index (χ0n) is 23.9. The van der Waals surface area contributed by atoms with E-state index in [9.17, 15) is 9.59 Å². The van der Waals surface area contributed by atoms with Crippen LogP contribution in [0.4, 0.5) is 9.59 Å². The van der Waals surface area contributed by atoms with Gasteiger partial charge >= 0.3 is 12.2 Å². The number of aromatic nitrogens is 2. The Balaban J connectivity index is 1.34. The van der Waals surface area contributed by atoms with E-state index in [1.807, 2.05) is 57.2 Å². The number of nitrogens with one attached hydrogen (secondary N) is 1. The largest absolute Gasteiger partial charge is 0.509 e. The van der Waals surface area contributed by atoms with Gasteiger partial charge in [-0.15, -0.1) is 0 Å². The van der Waals surface area contributed by atoms with Crippen molar-refractivity contribution in [1.29, 1.82) is 0 Å². The fourth-order valence-electron chi connectivity index (χ4n) is 5.44. The molecular weight excluding hydrogens is 526 g/mol. The second-order valence-corrected chi connectivity index (χ2v) is 11.6. The van der Waals surface area contributed by atoms with Crippen molar-refractivity contribution in [3.05, 3.63) is 59.8 Å². The number of benzene rings is 1. The molecular formula is C31H37N3O7. The molecule has 1 aliphatic heterocycles. The van der Waals surface area contributed by atoms with Gasteiger partial charge in [0.1, 0.15) is 29.6 Å². The van der Waals surface area contributed by atoms with Gasteiger partial charge in [-0.05, 0) is 70.4 Å². The average Bonchev–Trinajstić information content (AvgIpc) is 3.30. The van der Waals surface area contributed by atoms with Crippen LogP contribution in [0.15, 0.2) is 48.7 Å². The molecule has 0 bridgehead atoms. The highest BCUT2D eigenvalue weighted by atomic mass is 16.8. The zero-order chi connectivity index (χ0) is 29.0. The highest BCUT2D eigenvalue weighted by Gasteiger charge is 2.43. The Morgan fingerprint density at radius 1 is 1.05 bits per heavy atom. The molecule has 1 aliphatic carbocycles. The maximum absolute atomic E-state index is 12.5. The van der Waals surface area contributed by atoms with Crippen LogP contribution < -0.4 is 14.8 Å². The number of hydrogen-bond acceptors (Lipinski definition) is 9. The first kappa shape index (κ1) is 28.4. The van der Waals surface area contributed by atoms with Crippen molar-refractivity contribution in [1.82, 2.24) is 15.3 Å². The van der Waals surface area contributed by atoms with E-state index < -0.39 is 30.1 Å². The number of ether oxygens (including phenoxy) is 5. The molecule has 3 heterocycles. The van der Waals surface area contributed by atoms with Crippen LogP contribution in [-0.4, -0.2) is 47.1 Å². The first-order valence-electron chi connectivity index (χ1n) is 14.1. The van der Waals surface area contributed by atoms with Gasteiger partial charge in [0.25, 0.3) is 0 Å².